The molecule has 0 radical (unpaired) electrons. The zero-order valence-corrected chi connectivity index (χ0v) is 12.1. The summed E-state index contributed by atoms with van der Waals surface area (Å²) in [5.74, 6) is 1.15. The molecular weight excluding hydrogens is 262 g/mol. The van der Waals surface area contributed by atoms with Crippen LogP contribution in [0.15, 0.2) is 24.3 Å². The molecule has 1 aliphatic rings. The number of carbonyl (C=O) groups excluding carboxylic acids is 1. The molecule has 2 unspecified atom stereocenters. The minimum atomic E-state index is -0.120. The fourth-order valence-electron chi connectivity index (χ4n) is 2.07. The second-order valence-corrected chi connectivity index (χ2v) is 5.89. The molecule has 1 aromatic carbocycles. The van der Waals surface area contributed by atoms with Gasteiger partial charge in [-0.3, -0.25) is 4.79 Å². The number of para-hydroxylation sites is 1. The number of halogens is 1. The number of hydrogen-bond donors (Lipinski definition) is 1. The molecule has 0 fully saturated rings. The van der Waals surface area contributed by atoms with Gasteiger partial charge in [-0.05, 0) is 24.0 Å². The van der Waals surface area contributed by atoms with Gasteiger partial charge in [0.1, 0.15) is 12.4 Å². The summed E-state index contributed by atoms with van der Waals surface area (Å²) in [5, 5.41) is 2.89. The smallest absolute Gasteiger partial charge is 0.226 e. The number of benzene rings is 1. The Hall–Kier alpha value is -1.22. The van der Waals surface area contributed by atoms with Crippen molar-refractivity contribution in [2.24, 2.45) is 11.8 Å². The summed E-state index contributed by atoms with van der Waals surface area (Å²) in [6.07, 6.45) is 0.733. The van der Waals surface area contributed by atoms with Crippen LogP contribution in [0.1, 0.15) is 19.4 Å². The first-order valence-electron chi connectivity index (χ1n) is 6.70. The van der Waals surface area contributed by atoms with Crippen molar-refractivity contribution in [3.05, 3.63) is 29.8 Å². The lowest BCUT2D eigenvalue weighted by Crippen LogP contribution is -2.40. The van der Waals surface area contributed by atoms with Crippen molar-refractivity contribution in [3.8, 4) is 5.75 Å². The van der Waals surface area contributed by atoms with Crippen molar-refractivity contribution in [2.75, 3.05) is 13.2 Å². The highest BCUT2D eigenvalue weighted by molar-refractivity contribution is 6.21. The van der Waals surface area contributed by atoms with Gasteiger partial charge in [0.2, 0.25) is 5.91 Å². The van der Waals surface area contributed by atoms with Gasteiger partial charge in [-0.15, -0.1) is 11.6 Å². The van der Waals surface area contributed by atoms with Crippen molar-refractivity contribution in [1.82, 2.24) is 5.32 Å². The molecule has 0 spiro atoms. The van der Waals surface area contributed by atoms with E-state index in [-0.39, 0.29) is 17.2 Å². The third-order valence-corrected chi connectivity index (χ3v) is 4.10. The van der Waals surface area contributed by atoms with Crippen molar-refractivity contribution < 1.29 is 9.53 Å². The number of ether oxygens (including phenoxy) is 1. The van der Waals surface area contributed by atoms with Crippen molar-refractivity contribution in [3.63, 3.8) is 0 Å². The molecule has 1 aromatic rings. The molecular formula is C15H20ClNO2. The predicted octanol–water partition coefficient (Wildman–Crippen LogP) is 2.62. The topological polar surface area (TPSA) is 38.3 Å². The van der Waals surface area contributed by atoms with Crippen LogP contribution in [-0.2, 0) is 11.2 Å². The monoisotopic (exact) mass is 281 g/mol. The Balaban J connectivity index is 1.89. The minimum Gasteiger partial charge on any atom is -0.492 e. The number of hydrogen-bond acceptors (Lipinski definition) is 2. The largest absolute Gasteiger partial charge is 0.492 e. The molecule has 0 aromatic heterocycles. The highest BCUT2D eigenvalue weighted by atomic mass is 35.5. The van der Waals surface area contributed by atoms with E-state index in [9.17, 15) is 4.79 Å². The Kier molecular flexibility index (Phi) is 4.70. The summed E-state index contributed by atoms with van der Waals surface area (Å²) in [5.41, 5.74) is 1.10. The van der Waals surface area contributed by atoms with Crippen LogP contribution in [0.3, 0.4) is 0 Å². The third kappa shape index (κ3) is 3.63. The van der Waals surface area contributed by atoms with E-state index in [2.05, 4.69) is 5.32 Å². The fraction of sp³-hybridized carbons (Fsp3) is 0.533. The normalized spacial score (nSPS) is 19.5. The number of fused-ring (bicyclic) bond motifs is 1. The van der Waals surface area contributed by atoms with Gasteiger partial charge in [0.05, 0.1) is 11.3 Å². The SMILES string of the molecule is CC(C)C(Cl)CNC(=O)C1COc2ccccc2C1. The van der Waals surface area contributed by atoms with Gasteiger partial charge in [-0.25, -0.2) is 0 Å². The van der Waals surface area contributed by atoms with E-state index >= 15 is 0 Å². The lowest BCUT2D eigenvalue weighted by atomic mass is 9.96. The Labute approximate surface area is 119 Å². The maximum absolute atomic E-state index is 12.1. The number of carbonyl (C=O) groups is 1. The van der Waals surface area contributed by atoms with E-state index in [0.717, 1.165) is 17.7 Å². The van der Waals surface area contributed by atoms with E-state index < -0.39 is 0 Å². The molecule has 2 rings (SSSR count). The quantitative estimate of drug-likeness (QED) is 0.862. The molecule has 1 amide bonds. The molecule has 4 heteroatoms. The van der Waals surface area contributed by atoms with Crippen LogP contribution in [0.25, 0.3) is 0 Å². The van der Waals surface area contributed by atoms with Gasteiger partial charge in [0.25, 0.3) is 0 Å². The van der Waals surface area contributed by atoms with Gasteiger partial charge < -0.3 is 10.1 Å². The number of nitrogens with one attached hydrogen (secondary N) is 1. The molecule has 0 saturated carbocycles. The first kappa shape index (κ1) is 14.2. The molecule has 0 aliphatic carbocycles. The van der Waals surface area contributed by atoms with Crippen molar-refractivity contribution >= 4 is 17.5 Å². The summed E-state index contributed by atoms with van der Waals surface area (Å²) in [4.78, 5) is 12.1. The third-order valence-electron chi connectivity index (χ3n) is 3.44. The standard InChI is InChI=1S/C15H20ClNO2/c1-10(2)13(16)8-17-15(18)12-7-11-5-3-4-6-14(11)19-9-12/h3-6,10,12-13H,7-9H2,1-2H3,(H,17,18). The maximum Gasteiger partial charge on any atom is 0.226 e. The highest BCUT2D eigenvalue weighted by Gasteiger charge is 2.26. The van der Waals surface area contributed by atoms with Crippen LogP contribution >= 0.6 is 11.6 Å². The van der Waals surface area contributed by atoms with Gasteiger partial charge in [0.15, 0.2) is 0 Å². The van der Waals surface area contributed by atoms with E-state index in [4.69, 9.17) is 16.3 Å². The van der Waals surface area contributed by atoms with Crippen LogP contribution in [-0.4, -0.2) is 24.4 Å². The van der Waals surface area contributed by atoms with Crippen LogP contribution in [0, 0.1) is 11.8 Å². The molecule has 2 atom stereocenters. The van der Waals surface area contributed by atoms with Crippen LogP contribution in [0.2, 0.25) is 0 Å². The zero-order valence-electron chi connectivity index (χ0n) is 11.4. The first-order chi connectivity index (χ1) is 9.08. The average Bonchev–Trinajstić information content (AvgIpc) is 2.43. The van der Waals surface area contributed by atoms with Gasteiger partial charge >= 0.3 is 0 Å². The fourth-order valence-corrected chi connectivity index (χ4v) is 2.15. The van der Waals surface area contributed by atoms with Crippen LogP contribution < -0.4 is 10.1 Å². The first-order valence-corrected chi connectivity index (χ1v) is 7.14. The summed E-state index contributed by atoms with van der Waals surface area (Å²) < 4.78 is 5.62. The van der Waals surface area contributed by atoms with Crippen molar-refractivity contribution in [2.45, 2.75) is 25.6 Å². The summed E-state index contributed by atoms with van der Waals surface area (Å²) in [7, 11) is 0. The second kappa shape index (κ2) is 6.29. The van der Waals surface area contributed by atoms with E-state index in [1.54, 1.807) is 0 Å². The lowest BCUT2D eigenvalue weighted by molar-refractivity contribution is -0.126. The molecule has 3 nitrogen and oxygen atoms in total. The number of rotatable bonds is 4. The molecule has 104 valence electrons. The lowest BCUT2D eigenvalue weighted by Gasteiger charge is -2.25. The van der Waals surface area contributed by atoms with E-state index in [0.29, 0.717) is 19.1 Å². The van der Waals surface area contributed by atoms with Gasteiger partial charge in [-0.1, -0.05) is 32.0 Å². The average molecular weight is 282 g/mol. The molecule has 1 aliphatic heterocycles. The zero-order chi connectivity index (χ0) is 13.8. The summed E-state index contributed by atoms with van der Waals surface area (Å²) in [6.45, 7) is 5.04. The van der Waals surface area contributed by atoms with Gasteiger partial charge in [0, 0.05) is 6.54 Å². The predicted molar refractivity (Wildman–Crippen MR) is 76.6 cm³/mol. The summed E-state index contributed by atoms with van der Waals surface area (Å²) >= 11 is 6.13. The van der Waals surface area contributed by atoms with Gasteiger partial charge in [-0.2, -0.15) is 0 Å². The van der Waals surface area contributed by atoms with Crippen LogP contribution in [0.4, 0.5) is 0 Å². The highest BCUT2D eigenvalue weighted by Crippen LogP contribution is 2.26. The molecule has 19 heavy (non-hydrogen) atoms. The van der Waals surface area contributed by atoms with E-state index in [1.165, 1.54) is 0 Å². The second-order valence-electron chi connectivity index (χ2n) is 5.32. The Morgan fingerprint density at radius 1 is 1.47 bits per heavy atom. The van der Waals surface area contributed by atoms with Crippen LogP contribution in [0.5, 0.6) is 5.75 Å². The summed E-state index contributed by atoms with van der Waals surface area (Å²) in [6, 6.07) is 7.86. The Morgan fingerprint density at radius 3 is 2.95 bits per heavy atom. The Bertz CT molecular complexity index is 448. The molecule has 0 saturated heterocycles. The maximum atomic E-state index is 12.1. The molecule has 0 bridgehead atoms. The minimum absolute atomic E-state index is 0.0271. The molecule has 1 N–H and O–H groups in total. The number of amides is 1. The number of alkyl halides is 1. The van der Waals surface area contributed by atoms with Crippen molar-refractivity contribution in [1.29, 1.82) is 0 Å². The Morgan fingerprint density at radius 2 is 2.21 bits per heavy atom. The molecule has 1 heterocycles. The van der Waals surface area contributed by atoms with E-state index in [1.807, 2.05) is 38.1 Å².